The van der Waals surface area contributed by atoms with Gasteiger partial charge in [-0.2, -0.15) is 0 Å². The second-order valence-corrected chi connectivity index (χ2v) is 5.60. The summed E-state index contributed by atoms with van der Waals surface area (Å²) in [4.78, 5) is 2.59. The van der Waals surface area contributed by atoms with Gasteiger partial charge in [-0.1, -0.05) is 26.2 Å². The minimum atomic E-state index is 0.802. The van der Waals surface area contributed by atoms with Crippen LogP contribution in [-0.4, -0.2) is 37.1 Å². The van der Waals surface area contributed by atoms with E-state index in [1.165, 1.54) is 71.1 Å². The number of hydrogen-bond acceptors (Lipinski definition) is 2. The first-order valence-electron chi connectivity index (χ1n) is 7.34. The average Bonchev–Trinajstić information content (AvgIpc) is 2.47. The predicted octanol–water partition coefficient (Wildman–Crippen LogP) is 2.64. The second-order valence-electron chi connectivity index (χ2n) is 5.60. The van der Waals surface area contributed by atoms with Gasteiger partial charge in [0.2, 0.25) is 0 Å². The first kappa shape index (κ1) is 12.4. The van der Waals surface area contributed by atoms with Crippen molar-refractivity contribution in [3.8, 4) is 0 Å². The van der Waals surface area contributed by atoms with Crippen LogP contribution in [0.3, 0.4) is 0 Å². The number of hydrogen-bond donors (Lipinski definition) is 1. The zero-order valence-electron chi connectivity index (χ0n) is 10.9. The molecule has 1 heterocycles. The molecule has 0 amide bonds. The molecule has 0 spiro atoms. The molecule has 1 aliphatic carbocycles. The van der Waals surface area contributed by atoms with Gasteiger partial charge in [0.15, 0.2) is 0 Å². The van der Waals surface area contributed by atoms with E-state index in [0.29, 0.717) is 0 Å². The van der Waals surface area contributed by atoms with Gasteiger partial charge in [0.25, 0.3) is 0 Å². The molecule has 1 unspecified atom stereocenters. The second kappa shape index (κ2) is 6.61. The summed E-state index contributed by atoms with van der Waals surface area (Å²) >= 11 is 0. The largest absolute Gasteiger partial charge is 0.314 e. The van der Waals surface area contributed by atoms with Gasteiger partial charge in [0, 0.05) is 6.04 Å². The summed E-state index contributed by atoms with van der Waals surface area (Å²) in [5.41, 5.74) is 0. The van der Waals surface area contributed by atoms with Crippen LogP contribution in [0.2, 0.25) is 0 Å². The molecular formula is C14H28N2. The molecule has 16 heavy (non-hydrogen) atoms. The zero-order valence-corrected chi connectivity index (χ0v) is 10.9. The van der Waals surface area contributed by atoms with Gasteiger partial charge < -0.3 is 10.2 Å². The summed E-state index contributed by atoms with van der Waals surface area (Å²) in [6, 6.07) is 0.802. The highest BCUT2D eigenvalue weighted by Gasteiger charge is 2.18. The van der Waals surface area contributed by atoms with Crippen LogP contribution in [0, 0.1) is 5.92 Å². The third-order valence-electron chi connectivity index (χ3n) is 4.48. The fraction of sp³-hybridized carbons (Fsp3) is 1.00. The van der Waals surface area contributed by atoms with Crippen LogP contribution in [-0.2, 0) is 0 Å². The number of rotatable bonds is 5. The number of likely N-dealkylation sites (tertiary alicyclic amines) is 1. The average molecular weight is 224 g/mol. The quantitative estimate of drug-likeness (QED) is 0.772. The molecule has 2 nitrogen and oxygen atoms in total. The van der Waals surface area contributed by atoms with E-state index in [1.807, 2.05) is 0 Å². The van der Waals surface area contributed by atoms with Crippen LogP contribution in [0.15, 0.2) is 0 Å². The monoisotopic (exact) mass is 224 g/mol. The molecule has 1 saturated heterocycles. The lowest BCUT2D eigenvalue weighted by Gasteiger charge is -2.26. The van der Waals surface area contributed by atoms with Crippen molar-refractivity contribution in [2.45, 2.75) is 57.9 Å². The molecule has 2 fully saturated rings. The van der Waals surface area contributed by atoms with Crippen LogP contribution in [0.4, 0.5) is 0 Å². The number of nitrogens with zero attached hydrogens (tertiary/aromatic N) is 1. The van der Waals surface area contributed by atoms with E-state index in [1.54, 1.807) is 0 Å². The van der Waals surface area contributed by atoms with E-state index < -0.39 is 0 Å². The van der Waals surface area contributed by atoms with Crippen LogP contribution in [0.1, 0.15) is 51.9 Å². The predicted molar refractivity (Wildman–Crippen MR) is 69.7 cm³/mol. The summed E-state index contributed by atoms with van der Waals surface area (Å²) in [5, 5.41) is 3.78. The molecule has 1 atom stereocenters. The lowest BCUT2D eigenvalue weighted by Crippen LogP contribution is -2.33. The van der Waals surface area contributed by atoms with Crippen molar-refractivity contribution < 1.29 is 0 Å². The highest BCUT2D eigenvalue weighted by molar-refractivity contribution is 4.76. The van der Waals surface area contributed by atoms with Crippen LogP contribution >= 0.6 is 0 Å². The Labute approximate surface area is 101 Å². The Balaban J connectivity index is 1.57. The molecule has 0 radical (unpaired) electrons. The summed E-state index contributed by atoms with van der Waals surface area (Å²) < 4.78 is 0. The smallest absolute Gasteiger partial charge is 0.00797 e. The van der Waals surface area contributed by atoms with Crippen molar-refractivity contribution in [3.63, 3.8) is 0 Å². The van der Waals surface area contributed by atoms with Gasteiger partial charge >= 0.3 is 0 Å². The van der Waals surface area contributed by atoms with E-state index in [9.17, 15) is 0 Å². The van der Waals surface area contributed by atoms with E-state index in [0.717, 1.165) is 12.0 Å². The van der Waals surface area contributed by atoms with Gasteiger partial charge in [-0.3, -0.25) is 0 Å². The molecule has 94 valence electrons. The standard InChI is InChI=1S/C14H28N2/c1-2-16-11-4-7-14(9-12-16)15-10-8-13-5-3-6-13/h13-15H,2-12H2,1H3. The minimum Gasteiger partial charge on any atom is -0.314 e. The van der Waals surface area contributed by atoms with Crippen molar-refractivity contribution in [3.05, 3.63) is 0 Å². The molecule has 1 aliphatic heterocycles. The highest BCUT2D eigenvalue weighted by Crippen LogP contribution is 2.28. The maximum Gasteiger partial charge on any atom is 0.00797 e. The van der Waals surface area contributed by atoms with E-state index in [2.05, 4.69) is 17.1 Å². The van der Waals surface area contributed by atoms with Crippen molar-refractivity contribution in [1.82, 2.24) is 10.2 Å². The lowest BCUT2D eigenvalue weighted by molar-refractivity contribution is 0.280. The molecular weight excluding hydrogens is 196 g/mol. The Morgan fingerprint density at radius 2 is 1.94 bits per heavy atom. The maximum absolute atomic E-state index is 3.78. The molecule has 1 N–H and O–H groups in total. The van der Waals surface area contributed by atoms with Gasteiger partial charge in [0.1, 0.15) is 0 Å². The summed E-state index contributed by atoms with van der Waals surface area (Å²) in [7, 11) is 0. The van der Waals surface area contributed by atoms with E-state index >= 15 is 0 Å². The first-order chi connectivity index (χ1) is 7.88. The Morgan fingerprint density at radius 1 is 1.06 bits per heavy atom. The first-order valence-corrected chi connectivity index (χ1v) is 7.34. The van der Waals surface area contributed by atoms with E-state index in [4.69, 9.17) is 0 Å². The molecule has 0 aromatic rings. The van der Waals surface area contributed by atoms with Crippen molar-refractivity contribution in [1.29, 1.82) is 0 Å². The molecule has 0 aromatic carbocycles. The van der Waals surface area contributed by atoms with Gasteiger partial charge in [0.05, 0.1) is 0 Å². The maximum atomic E-state index is 3.78. The fourth-order valence-electron chi connectivity index (χ4n) is 2.95. The molecule has 1 saturated carbocycles. The molecule has 2 aliphatic rings. The molecule has 2 heteroatoms. The van der Waals surface area contributed by atoms with Crippen LogP contribution in [0.25, 0.3) is 0 Å². The van der Waals surface area contributed by atoms with Crippen molar-refractivity contribution in [2.75, 3.05) is 26.2 Å². The van der Waals surface area contributed by atoms with Crippen molar-refractivity contribution >= 4 is 0 Å². The Bertz CT molecular complexity index is 189. The van der Waals surface area contributed by atoms with Gasteiger partial charge in [-0.15, -0.1) is 0 Å². The van der Waals surface area contributed by atoms with Gasteiger partial charge in [-0.05, 0) is 57.8 Å². The topological polar surface area (TPSA) is 15.3 Å². The SMILES string of the molecule is CCN1CCCC(NCCC2CCC2)CC1. The minimum absolute atomic E-state index is 0.802. The summed E-state index contributed by atoms with van der Waals surface area (Å²) in [6.45, 7) is 7.40. The summed E-state index contributed by atoms with van der Waals surface area (Å²) in [5.74, 6) is 1.06. The lowest BCUT2D eigenvalue weighted by atomic mass is 9.83. The molecule has 0 aromatic heterocycles. The summed E-state index contributed by atoms with van der Waals surface area (Å²) in [6.07, 6.45) is 10.0. The van der Waals surface area contributed by atoms with Crippen LogP contribution < -0.4 is 5.32 Å². The van der Waals surface area contributed by atoms with Crippen LogP contribution in [0.5, 0.6) is 0 Å². The van der Waals surface area contributed by atoms with E-state index in [-0.39, 0.29) is 0 Å². The third-order valence-corrected chi connectivity index (χ3v) is 4.48. The molecule has 0 bridgehead atoms. The normalized spacial score (nSPS) is 28.7. The van der Waals surface area contributed by atoms with Crippen molar-refractivity contribution in [2.24, 2.45) is 5.92 Å². The highest BCUT2D eigenvalue weighted by atomic mass is 15.1. The number of nitrogens with one attached hydrogen (secondary N) is 1. The Kier molecular flexibility index (Phi) is 5.11. The third kappa shape index (κ3) is 3.74. The Hall–Kier alpha value is -0.0800. The fourth-order valence-corrected chi connectivity index (χ4v) is 2.95. The van der Waals surface area contributed by atoms with Gasteiger partial charge in [-0.25, -0.2) is 0 Å². The zero-order chi connectivity index (χ0) is 11.2. The Morgan fingerprint density at radius 3 is 2.62 bits per heavy atom. The molecule has 2 rings (SSSR count).